The van der Waals surface area contributed by atoms with E-state index in [0.717, 1.165) is 19.6 Å². The van der Waals surface area contributed by atoms with Crippen molar-refractivity contribution in [1.29, 1.82) is 0 Å². The number of hydrogen-bond acceptors (Lipinski definition) is 5. The molecule has 1 heterocycles. The molecule has 0 radical (unpaired) electrons. The van der Waals surface area contributed by atoms with Crippen molar-refractivity contribution in [2.45, 2.75) is 18.7 Å². The summed E-state index contributed by atoms with van der Waals surface area (Å²) < 4.78 is 31.9. The third-order valence-electron chi connectivity index (χ3n) is 4.31. The maximum atomic E-state index is 12.7. The third-order valence-corrected chi connectivity index (χ3v) is 6.21. The molecular weight excluding hydrogens is 342 g/mol. The zero-order valence-electron chi connectivity index (χ0n) is 14.9. The van der Waals surface area contributed by atoms with Crippen LogP contribution in [0.3, 0.4) is 0 Å². The Morgan fingerprint density at radius 2 is 1.92 bits per heavy atom. The average Bonchev–Trinajstić information content (AvgIpc) is 2.66. The Morgan fingerprint density at radius 3 is 2.56 bits per heavy atom. The first-order valence-corrected chi connectivity index (χ1v) is 10.1. The molecule has 1 amide bonds. The first kappa shape index (κ1) is 19.8. The Balaban J connectivity index is 2.03. The highest BCUT2D eigenvalue weighted by atomic mass is 32.2. The van der Waals surface area contributed by atoms with Crippen LogP contribution in [0, 0.1) is 0 Å². The van der Waals surface area contributed by atoms with Gasteiger partial charge in [0.15, 0.2) is 0 Å². The van der Waals surface area contributed by atoms with Crippen molar-refractivity contribution in [1.82, 2.24) is 14.5 Å². The summed E-state index contributed by atoms with van der Waals surface area (Å²) in [5.41, 5.74) is 0.355. The van der Waals surface area contributed by atoms with E-state index >= 15 is 0 Å². The second kappa shape index (κ2) is 9.28. The molecule has 2 rings (SSSR count). The summed E-state index contributed by atoms with van der Waals surface area (Å²) in [6.07, 6.45) is 0. The van der Waals surface area contributed by atoms with Crippen molar-refractivity contribution in [3.8, 4) is 0 Å². The van der Waals surface area contributed by atoms with Crippen LogP contribution in [0.4, 0.5) is 0 Å². The molecule has 7 nitrogen and oxygen atoms in total. The number of amides is 1. The number of nitrogens with one attached hydrogen (secondary N) is 1. The van der Waals surface area contributed by atoms with Crippen molar-refractivity contribution < 1.29 is 17.9 Å². The van der Waals surface area contributed by atoms with Gasteiger partial charge in [0.05, 0.1) is 18.1 Å². The van der Waals surface area contributed by atoms with Crippen molar-refractivity contribution in [3.63, 3.8) is 0 Å². The van der Waals surface area contributed by atoms with Gasteiger partial charge in [-0.25, -0.2) is 8.42 Å². The maximum Gasteiger partial charge on any atom is 0.251 e. The highest BCUT2D eigenvalue weighted by Crippen LogP contribution is 2.18. The van der Waals surface area contributed by atoms with Crippen molar-refractivity contribution in [2.24, 2.45) is 0 Å². The third kappa shape index (κ3) is 5.24. The van der Waals surface area contributed by atoms with Gasteiger partial charge in [0.2, 0.25) is 10.0 Å². The Kier molecular flexibility index (Phi) is 7.37. The molecule has 1 saturated heterocycles. The number of sulfonamides is 1. The van der Waals surface area contributed by atoms with Crippen molar-refractivity contribution >= 4 is 15.9 Å². The Bertz CT molecular complexity index is 668. The van der Waals surface area contributed by atoms with Crippen LogP contribution in [-0.2, 0) is 14.8 Å². The molecular formula is C17H27N3O4S. The van der Waals surface area contributed by atoms with Crippen molar-refractivity contribution in [2.75, 3.05) is 52.5 Å². The number of morpholine rings is 1. The van der Waals surface area contributed by atoms with Crippen LogP contribution in [0.15, 0.2) is 29.2 Å². The van der Waals surface area contributed by atoms with Crippen LogP contribution in [0.25, 0.3) is 0 Å². The molecule has 1 fully saturated rings. The maximum absolute atomic E-state index is 12.7. The first-order chi connectivity index (χ1) is 12.0. The molecule has 0 aliphatic carbocycles. The molecule has 1 aromatic rings. The van der Waals surface area contributed by atoms with Crippen LogP contribution in [-0.4, -0.2) is 76.0 Å². The molecule has 0 atom stereocenters. The second-order valence-corrected chi connectivity index (χ2v) is 7.77. The van der Waals surface area contributed by atoms with E-state index in [2.05, 4.69) is 24.1 Å². The van der Waals surface area contributed by atoms with Gasteiger partial charge in [-0.2, -0.15) is 4.31 Å². The van der Waals surface area contributed by atoms with Gasteiger partial charge < -0.3 is 15.0 Å². The SMILES string of the molecule is CCN(CC)CCNC(=O)c1cccc(S(=O)(=O)N2CCOCC2)c1. The van der Waals surface area contributed by atoms with Crippen LogP contribution >= 0.6 is 0 Å². The minimum atomic E-state index is -3.59. The molecule has 0 unspecified atom stereocenters. The van der Waals surface area contributed by atoms with E-state index in [1.165, 1.54) is 16.4 Å². The number of nitrogens with zero attached hydrogens (tertiary/aromatic N) is 2. The lowest BCUT2D eigenvalue weighted by molar-refractivity contribution is 0.0730. The monoisotopic (exact) mass is 369 g/mol. The van der Waals surface area contributed by atoms with Gasteiger partial charge in [0.25, 0.3) is 5.91 Å². The quantitative estimate of drug-likeness (QED) is 0.733. The van der Waals surface area contributed by atoms with E-state index in [1.807, 2.05) is 0 Å². The van der Waals surface area contributed by atoms with Crippen molar-refractivity contribution in [3.05, 3.63) is 29.8 Å². The molecule has 0 spiro atoms. The van der Waals surface area contributed by atoms with Gasteiger partial charge in [-0.1, -0.05) is 19.9 Å². The largest absolute Gasteiger partial charge is 0.379 e. The Morgan fingerprint density at radius 1 is 1.24 bits per heavy atom. The summed E-state index contributed by atoms with van der Waals surface area (Å²) in [4.78, 5) is 14.7. The second-order valence-electron chi connectivity index (χ2n) is 5.83. The predicted molar refractivity (Wildman–Crippen MR) is 96.1 cm³/mol. The molecule has 0 aromatic heterocycles. The topological polar surface area (TPSA) is 79.0 Å². The van der Waals surface area contributed by atoms with E-state index in [0.29, 0.717) is 38.4 Å². The molecule has 1 aliphatic rings. The van der Waals surface area contributed by atoms with Gasteiger partial charge in [-0.05, 0) is 31.3 Å². The summed E-state index contributed by atoms with van der Waals surface area (Å²) in [6, 6.07) is 6.20. The lowest BCUT2D eigenvalue weighted by Gasteiger charge is -2.26. The number of carbonyl (C=O) groups is 1. The van der Waals surface area contributed by atoms with Gasteiger partial charge in [0.1, 0.15) is 0 Å². The fraction of sp³-hybridized carbons (Fsp3) is 0.588. The summed E-state index contributed by atoms with van der Waals surface area (Å²) >= 11 is 0. The fourth-order valence-corrected chi connectivity index (χ4v) is 4.16. The predicted octanol–water partition coefficient (Wildman–Crippen LogP) is 0.779. The molecule has 1 aromatic carbocycles. The van der Waals surface area contributed by atoms with E-state index in [4.69, 9.17) is 4.74 Å². The molecule has 25 heavy (non-hydrogen) atoms. The fourth-order valence-electron chi connectivity index (χ4n) is 2.70. The minimum absolute atomic E-state index is 0.144. The van der Waals surface area contributed by atoms with E-state index < -0.39 is 10.0 Å². The van der Waals surface area contributed by atoms with Gasteiger partial charge >= 0.3 is 0 Å². The summed E-state index contributed by atoms with van der Waals surface area (Å²) in [5.74, 6) is -0.258. The zero-order chi connectivity index (χ0) is 18.3. The Hall–Kier alpha value is -1.48. The average molecular weight is 369 g/mol. The molecule has 8 heteroatoms. The first-order valence-electron chi connectivity index (χ1n) is 8.67. The van der Waals surface area contributed by atoms with Crippen LogP contribution in [0.1, 0.15) is 24.2 Å². The smallest absolute Gasteiger partial charge is 0.251 e. The van der Waals surface area contributed by atoms with Gasteiger partial charge in [0, 0.05) is 31.7 Å². The number of likely N-dealkylation sites (N-methyl/N-ethyl adjacent to an activating group) is 1. The summed E-state index contributed by atoms with van der Waals surface area (Å²) in [7, 11) is -3.59. The standard InChI is InChI=1S/C17H27N3O4S/c1-3-19(4-2)9-8-18-17(21)15-6-5-7-16(14-15)25(22,23)20-10-12-24-13-11-20/h5-7,14H,3-4,8-13H2,1-2H3,(H,18,21). The van der Waals surface area contributed by atoms with Gasteiger partial charge in [-0.3, -0.25) is 4.79 Å². The molecule has 0 bridgehead atoms. The minimum Gasteiger partial charge on any atom is -0.379 e. The van der Waals surface area contributed by atoms with Crippen LogP contribution in [0.2, 0.25) is 0 Å². The summed E-state index contributed by atoms with van der Waals surface area (Å²) in [6.45, 7) is 8.77. The molecule has 0 saturated carbocycles. The lowest BCUT2D eigenvalue weighted by Crippen LogP contribution is -2.40. The van der Waals surface area contributed by atoms with Crippen LogP contribution in [0.5, 0.6) is 0 Å². The Labute approximate surface area is 150 Å². The summed E-state index contributed by atoms with van der Waals surface area (Å²) in [5, 5.41) is 2.85. The molecule has 140 valence electrons. The molecule has 1 aliphatic heterocycles. The lowest BCUT2D eigenvalue weighted by atomic mass is 10.2. The highest BCUT2D eigenvalue weighted by Gasteiger charge is 2.26. The van der Waals surface area contributed by atoms with Gasteiger partial charge in [-0.15, -0.1) is 0 Å². The highest BCUT2D eigenvalue weighted by molar-refractivity contribution is 7.89. The van der Waals surface area contributed by atoms with E-state index in [1.54, 1.807) is 12.1 Å². The number of ether oxygens (including phenoxy) is 1. The zero-order valence-corrected chi connectivity index (χ0v) is 15.7. The number of carbonyl (C=O) groups excluding carboxylic acids is 1. The van der Waals surface area contributed by atoms with E-state index in [-0.39, 0.29) is 10.8 Å². The number of rotatable bonds is 8. The number of benzene rings is 1. The molecule has 1 N–H and O–H groups in total. The van der Waals surface area contributed by atoms with E-state index in [9.17, 15) is 13.2 Å². The van der Waals surface area contributed by atoms with Crippen LogP contribution < -0.4 is 5.32 Å². The normalized spacial score (nSPS) is 16.1. The number of hydrogen-bond donors (Lipinski definition) is 1.